The van der Waals surface area contributed by atoms with Gasteiger partial charge in [0.1, 0.15) is 0 Å². The van der Waals surface area contributed by atoms with Gasteiger partial charge in [0.15, 0.2) is 0 Å². The molecule has 1 aliphatic heterocycles. The van der Waals surface area contributed by atoms with Gasteiger partial charge in [-0.25, -0.2) is 0 Å². The molecule has 0 radical (unpaired) electrons. The average Bonchev–Trinajstić information content (AvgIpc) is 2.56. The van der Waals surface area contributed by atoms with Crippen LogP contribution in [0.3, 0.4) is 0 Å². The molecule has 1 N–H and O–H groups in total. The zero-order valence-electron chi connectivity index (χ0n) is 13.7. The Bertz CT molecular complexity index is 473. The third-order valence-electron chi connectivity index (χ3n) is 4.03. The van der Waals surface area contributed by atoms with Crippen molar-refractivity contribution >= 4 is 5.91 Å². The van der Waals surface area contributed by atoms with E-state index in [4.69, 9.17) is 4.74 Å². The highest BCUT2D eigenvalue weighted by atomic mass is 16.5. The van der Waals surface area contributed by atoms with Crippen LogP contribution in [0.4, 0.5) is 0 Å². The van der Waals surface area contributed by atoms with Crippen LogP contribution in [0.25, 0.3) is 0 Å². The number of amides is 1. The van der Waals surface area contributed by atoms with Crippen LogP contribution < -0.4 is 5.32 Å². The number of rotatable bonds is 7. The van der Waals surface area contributed by atoms with Crippen LogP contribution in [0, 0.1) is 0 Å². The van der Waals surface area contributed by atoms with Gasteiger partial charge in [-0.2, -0.15) is 0 Å². The van der Waals surface area contributed by atoms with Crippen molar-refractivity contribution in [1.82, 2.24) is 15.1 Å². The molecule has 0 spiro atoms. The van der Waals surface area contributed by atoms with Gasteiger partial charge in [-0.05, 0) is 25.1 Å². The lowest BCUT2D eigenvalue weighted by molar-refractivity contribution is 0.0361. The zero-order chi connectivity index (χ0) is 15.8. The van der Waals surface area contributed by atoms with E-state index in [1.165, 1.54) is 0 Å². The topological polar surface area (TPSA) is 44.8 Å². The first kappa shape index (κ1) is 16.9. The molecule has 1 fully saturated rings. The molecule has 1 amide bonds. The normalized spacial score (nSPS) is 15.7. The monoisotopic (exact) mass is 305 g/mol. The molecule has 0 atom stereocenters. The minimum atomic E-state index is 0.104. The summed E-state index contributed by atoms with van der Waals surface area (Å²) in [5.41, 5.74) is 1.85. The quantitative estimate of drug-likeness (QED) is 0.822. The predicted octanol–water partition coefficient (Wildman–Crippen LogP) is 1.20. The molecular weight excluding hydrogens is 278 g/mol. The predicted molar refractivity (Wildman–Crippen MR) is 88.0 cm³/mol. The number of hydrogen-bond donors (Lipinski definition) is 1. The fourth-order valence-electron chi connectivity index (χ4n) is 2.74. The van der Waals surface area contributed by atoms with Crippen LogP contribution in [0.1, 0.15) is 22.3 Å². The average molecular weight is 305 g/mol. The summed E-state index contributed by atoms with van der Waals surface area (Å²) in [5.74, 6) is 0.104. The lowest BCUT2D eigenvalue weighted by atomic mass is 10.1. The molecule has 1 aliphatic rings. The molecular formula is C17H27N3O2. The molecule has 1 aromatic carbocycles. The van der Waals surface area contributed by atoms with E-state index in [2.05, 4.69) is 10.2 Å². The van der Waals surface area contributed by atoms with E-state index in [-0.39, 0.29) is 5.91 Å². The van der Waals surface area contributed by atoms with Gasteiger partial charge in [0.05, 0.1) is 13.2 Å². The smallest absolute Gasteiger partial charge is 0.253 e. The van der Waals surface area contributed by atoms with E-state index in [0.29, 0.717) is 6.54 Å². The summed E-state index contributed by atoms with van der Waals surface area (Å²) in [6.45, 7) is 6.18. The van der Waals surface area contributed by atoms with Crippen LogP contribution in [-0.2, 0) is 11.3 Å². The maximum Gasteiger partial charge on any atom is 0.253 e. The Kier molecular flexibility index (Phi) is 6.83. The van der Waals surface area contributed by atoms with Crippen LogP contribution >= 0.6 is 0 Å². The van der Waals surface area contributed by atoms with E-state index >= 15 is 0 Å². The SMILES string of the molecule is CNCc1ccccc1C(=O)N(C)CCCN1CCOCC1. The molecule has 122 valence electrons. The van der Waals surface area contributed by atoms with Crippen LogP contribution in [0.15, 0.2) is 24.3 Å². The number of carbonyl (C=O) groups excluding carboxylic acids is 1. The Balaban J connectivity index is 1.83. The first-order valence-corrected chi connectivity index (χ1v) is 8.00. The van der Waals surface area contributed by atoms with Gasteiger partial charge in [0.2, 0.25) is 0 Å². The van der Waals surface area contributed by atoms with E-state index < -0.39 is 0 Å². The zero-order valence-corrected chi connectivity index (χ0v) is 13.7. The molecule has 0 unspecified atom stereocenters. The van der Waals surface area contributed by atoms with Crippen molar-refractivity contribution in [2.75, 3.05) is 53.5 Å². The van der Waals surface area contributed by atoms with Gasteiger partial charge in [-0.15, -0.1) is 0 Å². The van der Waals surface area contributed by atoms with Crippen molar-refractivity contribution in [2.24, 2.45) is 0 Å². The van der Waals surface area contributed by atoms with Gasteiger partial charge < -0.3 is 15.0 Å². The number of carbonyl (C=O) groups is 1. The molecule has 2 rings (SSSR count). The number of benzene rings is 1. The van der Waals surface area contributed by atoms with Crippen LogP contribution in [-0.4, -0.2) is 69.2 Å². The number of morpholine rings is 1. The van der Waals surface area contributed by atoms with Crippen LogP contribution in [0.2, 0.25) is 0 Å². The molecule has 0 aromatic heterocycles. The highest BCUT2D eigenvalue weighted by Gasteiger charge is 2.16. The van der Waals surface area contributed by atoms with Crippen molar-refractivity contribution in [3.8, 4) is 0 Å². The summed E-state index contributed by atoms with van der Waals surface area (Å²) in [6, 6.07) is 7.81. The fraction of sp³-hybridized carbons (Fsp3) is 0.588. The third-order valence-corrected chi connectivity index (χ3v) is 4.03. The minimum Gasteiger partial charge on any atom is -0.379 e. The fourth-order valence-corrected chi connectivity index (χ4v) is 2.74. The van der Waals surface area contributed by atoms with Crippen molar-refractivity contribution in [3.63, 3.8) is 0 Å². The van der Waals surface area contributed by atoms with Gasteiger partial charge in [0.25, 0.3) is 5.91 Å². The number of hydrogen-bond acceptors (Lipinski definition) is 4. The summed E-state index contributed by atoms with van der Waals surface area (Å²) in [7, 11) is 3.78. The summed E-state index contributed by atoms with van der Waals surface area (Å²) < 4.78 is 5.35. The molecule has 0 bridgehead atoms. The van der Waals surface area contributed by atoms with Gasteiger partial charge >= 0.3 is 0 Å². The molecule has 0 aliphatic carbocycles. The minimum absolute atomic E-state index is 0.104. The standard InChI is InChI=1S/C17H27N3O2/c1-18-14-15-6-3-4-7-16(15)17(21)19(2)8-5-9-20-10-12-22-13-11-20/h3-4,6-7,18H,5,8-14H2,1-2H3. The van der Waals surface area contributed by atoms with Gasteiger partial charge in [0, 0.05) is 45.3 Å². The maximum atomic E-state index is 12.6. The number of ether oxygens (including phenoxy) is 1. The van der Waals surface area contributed by atoms with Gasteiger partial charge in [-0.3, -0.25) is 9.69 Å². The first-order chi connectivity index (χ1) is 10.7. The van der Waals surface area contributed by atoms with E-state index in [9.17, 15) is 4.79 Å². The summed E-state index contributed by atoms with van der Waals surface area (Å²) >= 11 is 0. The maximum absolute atomic E-state index is 12.6. The summed E-state index contributed by atoms with van der Waals surface area (Å²) in [5, 5.41) is 3.12. The number of nitrogens with one attached hydrogen (secondary N) is 1. The van der Waals surface area contributed by atoms with Crippen molar-refractivity contribution in [2.45, 2.75) is 13.0 Å². The Labute approximate surface area is 133 Å². The lowest BCUT2D eigenvalue weighted by Crippen LogP contribution is -2.38. The highest BCUT2D eigenvalue weighted by molar-refractivity contribution is 5.95. The lowest BCUT2D eigenvalue weighted by Gasteiger charge is -2.27. The highest BCUT2D eigenvalue weighted by Crippen LogP contribution is 2.11. The molecule has 22 heavy (non-hydrogen) atoms. The Morgan fingerprint density at radius 1 is 1.32 bits per heavy atom. The first-order valence-electron chi connectivity index (χ1n) is 8.00. The van der Waals surface area contributed by atoms with Crippen molar-refractivity contribution in [1.29, 1.82) is 0 Å². The van der Waals surface area contributed by atoms with Gasteiger partial charge in [-0.1, -0.05) is 18.2 Å². The second-order valence-corrected chi connectivity index (χ2v) is 5.72. The molecule has 0 saturated carbocycles. The second kappa shape index (κ2) is 8.88. The largest absolute Gasteiger partial charge is 0.379 e. The Hall–Kier alpha value is -1.43. The molecule has 5 nitrogen and oxygen atoms in total. The molecule has 1 heterocycles. The van der Waals surface area contributed by atoms with E-state index in [0.717, 1.165) is 56.9 Å². The van der Waals surface area contributed by atoms with E-state index in [1.54, 1.807) is 0 Å². The Morgan fingerprint density at radius 2 is 2.05 bits per heavy atom. The molecule has 5 heteroatoms. The second-order valence-electron chi connectivity index (χ2n) is 5.72. The number of nitrogens with zero attached hydrogens (tertiary/aromatic N) is 2. The van der Waals surface area contributed by atoms with E-state index in [1.807, 2.05) is 43.3 Å². The van der Waals surface area contributed by atoms with Crippen molar-refractivity contribution < 1.29 is 9.53 Å². The Morgan fingerprint density at radius 3 is 2.77 bits per heavy atom. The molecule has 1 aromatic rings. The third kappa shape index (κ3) is 4.80. The summed E-state index contributed by atoms with van der Waals surface area (Å²) in [6.07, 6.45) is 0.996. The van der Waals surface area contributed by atoms with Crippen molar-refractivity contribution in [3.05, 3.63) is 35.4 Å². The summed E-state index contributed by atoms with van der Waals surface area (Å²) in [4.78, 5) is 16.8. The van der Waals surface area contributed by atoms with Crippen LogP contribution in [0.5, 0.6) is 0 Å². The molecule has 1 saturated heterocycles.